The van der Waals surface area contributed by atoms with Crippen molar-refractivity contribution in [1.29, 1.82) is 0 Å². The number of carbonyl (C=O) groups is 1. The number of benzene rings is 1. The zero-order valence-electron chi connectivity index (χ0n) is 10.5. The van der Waals surface area contributed by atoms with Crippen molar-refractivity contribution in [3.63, 3.8) is 0 Å². The predicted molar refractivity (Wildman–Crippen MR) is 69.4 cm³/mol. The van der Waals surface area contributed by atoms with Crippen molar-refractivity contribution in [1.82, 2.24) is 0 Å². The molecule has 2 rings (SSSR count). The number of hydrogen-bond donors (Lipinski definition) is 0. The predicted octanol–water partition coefficient (Wildman–Crippen LogP) is 2.84. The zero-order chi connectivity index (χ0) is 13.7. The molecule has 0 spiro atoms. The fourth-order valence-corrected chi connectivity index (χ4v) is 1.96. The van der Waals surface area contributed by atoms with E-state index >= 15 is 0 Å². The van der Waals surface area contributed by atoms with Gasteiger partial charge in [0.2, 0.25) is 0 Å². The largest absolute Gasteiger partial charge is 0.493 e. The Labute approximate surface area is 110 Å². The van der Waals surface area contributed by atoms with Crippen molar-refractivity contribution in [2.75, 3.05) is 13.7 Å². The number of ether oxygens (including phenoxy) is 2. The molecule has 6 nitrogen and oxygen atoms in total. The molecule has 1 aromatic rings. The summed E-state index contributed by atoms with van der Waals surface area (Å²) in [7, 11) is 1.24. The third-order valence-corrected chi connectivity index (χ3v) is 2.80. The van der Waals surface area contributed by atoms with Crippen LogP contribution in [-0.2, 0) is 16.0 Å². The Hall–Kier alpha value is -2.46. The molecule has 0 radical (unpaired) electrons. The normalized spacial score (nSPS) is 13.8. The molecule has 0 fully saturated rings. The molecule has 98 valence electrons. The van der Waals surface area contributed by atoms with E-state index in [1.54, 1.807) is 6.07 Å². The van der Waals surface area contributed by atoms with Gasteiger partial charge in [-0.2, -0.15) is 0 Å². The Kier molecular flexibility index (Phi) is 4.05. The number of fused-ring (bicyclic) bond motifs is 1. The first-order valence-electron chi connectivity index (χ1n) is 5.86. The number of nitrogens with zero attached hydrogens (tertiary/aromatic N) is 3. The Bertz CT molecular complexity index is 574. The summed E-state index contributed by atoms with van der Waals surface area (Å²) in [6.07, 6.45) is 3.39. The third kappa shape index (κ3) is 2.86. The summed E-state index contributed by atoms with van der Waals surface area (Å²) in [6.45, 7) is 0.646. The van der Waals surface area contributed by atoms with Crippen LogP contribution < -0.4 is 4.74 Å². The number of methoxy groups -OCH3 is 1. The van der Waals surface area contributed by atoms with Gasteiger partial charge in [0.25, 0.3) is 0 Å². The van der Waals surface area contributed by atoms with E-state index in [2.05, 4.69) is 14.8 Å². The molecule has 0 aliphatic carbocycles. The number of esters is 1. The van der Waals surface area contributed by atoms with Gasteiger partial charge in [0, 0.05) is 10.5 Å². The summed E-state index contributed by atoms with van der Waals surface area (Å²) < 4.78 is 10.2. The fourth-order valence-electron chi connectivity index (χ4n) is 1.96. The molecule has 0 bridgehead atoms. The molecule has 1 aliphatic heterocycles. The maximum atomic E-state index is 11.5. The monoisotopic (exact) mass is 259 g/mol. The Morgan fingerprint density at radius 3 is 3.16 bits per heavy atom. The van der Waals surface area contributed by atoms with Crippen molar-refractivity contribution < 1.29 is 14.3 Å². The van der Waals surface area contributed by atoms with Gasteiger partial charge in [-0.15, -0.1) is 0 Å². The van der Waals surface area contributed by atoms with Crippen molar-refractivity contribution in [3.8, 4) is 5.75 Å². The zero-order valence-corrected chi connectivity index (χ0v) is 10.5. The highest BCUT2D eigenvalue weighted by Gasteiger charge is 2.15. The van der Waals surface area contributed by atoms with E-state index in [1.807, 2.05) is 12.1 Å². The molecule has 0 aromatic heterocycles. The lowest BCUT2D eigenvalue weighted by Crippen LogP contribution is -2.09. The van der Waals surface area contributed by atoms with Gasteiger partial charge in [-0.1, -0.05) is 23.3 Å². The lowest BCUT2D eigenvalue weighted by atomic mass is 10.0. The number of carbonyl (C=O) groups excluding carboxylic acids is 1. The SMILES string of the molecule is COC(=O)C(=Cc1cccc2c1OCCC2)N=[N+]=[N-]. The average molecular weight is 259 g/mol. The molecule has 1 heterocycles. The van der Waals surface area contributed by atoms with Crippen LogP contribution >= 0.6 is 0 Å². The minimum Gasteiger partial charge on any atom is -0.493 e. The van der Waals surface area contributed by atoms with Gasteiger partial charge in [0.1, 0.15) is 11.4 Å². The smallest absolute Gasteiger partial charge is 0.340 e. The van der Waals surface area contributed by atoms with Crippen LogP contribution in [0.5, 0.6) is 5.75 Å². The maximum absolute atomic E-state index is 11.5. The first kappa shape index (κ1) is 13.0. The molecule has 1 aliphatic rings. The van der Waals surface area contributed by atoms with Gasteiger partial charge in [-0.3, -0.25) is 0 Å². The Morgan fingerprint density at radius 1 is 1.58 bits per heavy atom. The molecular formula is C13H13N3O3. The van der Waals surface area contributed by atoms with Gasteiger partial charge < -0.3 is 9.47 Å². The Morgan fingerprint density at radius 2 is 2.42 bits per heavy atom. The quantitative estimate of drug-likeness (QED) is 0.275. The molecule has 0 unspecified atom stereocenters. The number of para-hydroxylation sites is 1. The third-order valence-electron chi connectivity index (χ3n) is 2.80. The highest BCUT2D eigenvalue weighted by atomic mass is 16.5. The highest BCUT2D eigenvalue weighted by Crippen LogP contribution is 2.30. The van der Waals surface area contributed by atoms with Crippen molar-refractivity contribution in [2.24, 2.45) is 5.11 Å². The van der Waals surface area contributed by atoms with Crippen LogP contribution in [-0.4, -0.2) is 19.7 Å². The molecule has 0 N–H and O–H groups in total. The van der Waals surface area contributed by atoms with Crippen LogP contribution in [0.2, 0.25) is 0 Å². The molecule has 19 heavy (non-hydrogen) atoms. The van der Waals surface area contributed by atoms with Crippen molar-refractivity contribution in [3.05, 3.63) is 45.5 Å². The van der Waals surface area contributed by atoms with Crippen LogP contribution in [0.1, 0.15) is 17.5 Å². The lowest BCUT2D eigenvalue weighted by Gasteiger charge is -2.19. The van der Waals surface area contributed by atoms with Crippen molar-refractivity contribution in [2.45, 2.75) is 12.8 Å². The molecule has 1 aromatic carbocycles. The fraction of sp³-hybridized carbons (Fsp3) is 0.308. The maximum Gasteiger partial charge on any atom is 0.340 e. The van der Waals surface area contributed by atoms with Crippen LogP contribution in [0.4, 0.5) is 0 Å². The van der Waals surface area contributed by atoms with Crippen LogP contribution in [0.15, 0.2) is 29.0 Å². The van der Waals surface area contributed by atoms with E-state index in [4.69, 9.17) is 10.3 Å². The Balaban J connectivity index is 2.45. The molecule has 0 saturated heterocycles. The molecule has 0 atom stereocenters. The molecule has 6 heteroatoms. The van der Waals surface area contributed by atoms with Gasteiger partial charge in [0.05, 0.1) is 13.7 Å². The standard InChI is InChI=1S/C13H13N3O3/c1-18-13(17)11(15-16-14)8-10-5-2-4-9-6-3-7-19-12(9)10/h2,4-5,8H,3,6-7H2,1H3. The molecule has 0 amide bonds. The highest BCUT2D eigenvalue weighted by molar-refractivity contribution is 5.93. The topological polar surface area (TPSA) is 84.3 Å². The second-order valence-corrected chi connectivity index (χ2v) is 4.00. The summed E-state index contributed by atoms with van der Waals surface area (Å²) in [6, 6.07) is 5.67. The minimum atomic E-state index is -0.675. The van der Waals surface area contributed by atoms with Gasteiger partial charge in [0.15, 0.2) is 0 Å². The first-order valence-corrected chi connectivity index (χ1v) is 5.86. The molecular weight excluding hydrogens is 246 g/mol. The average Bonchev–Trinajstić information content (AvgIpc) is 2.46. The van der Waals surface area contributed by atoms with Gasteiger partial charge in [-0.05, 0) is 30.0 Å². The second-order valence-electron chi connectivity index (χ2n) is 4.00. The summed E-state index contributed by atoms with van der Waals surface area (Å²) >= 11 is 0. The van der Waals surface area contributed by atoms with E-state index in [0.717, 1.165) is 24.2 Å². The van der Waals surface area contributed by atoms with Crippen molar-refractivity contribution >= 4 is 12.0 Å². The van der Waals surface area contributed by atoms with Gasteiger partial charge >= 0.3 is 5.97 Å². The lowest BCUT2D eigenvalue weighted by molar-refractivity contribution is -0.136. The first-order chi connectivity index (χ1) is 9.26. The number of rotatable bonds is 3. The van der Waals surface area contributed by atoms with Crippen LogP contribution in [0.25, 0.3) is 16.5 Å². The second kappa shape index (κ2) is 5.93. The summed E-state index contributed by atoms with van der Waals surface area (Å²) in [4.78, 5) is 14.1. The molecule has 0 saturated carbocycles. The van der Waals surface area contributed by atoms with Crippen LogP contribution in [0, 0.1) is 0 Å². The summed E-state index contributed by atoms with van der Waals surface area (Å²) in [5.74, 6) is 0.0644. The van der Waals surface area contributed by atoms with E-state index in [-0.39, 0.29) is 5.70 Å². The number of azide groups is 1. The minimum absolute atomic E-state index is 0.0902. The number of hydrogen-bond acceptors (Lipinski definition) is 4. The van der Waals surface area contributed by atoms with Crippen LogP contribution in [0.3, 0.4) is 0 Å². The van der Waals surface area contributed by atoms with E-state index in [0.29, 0.717) is 12.2 Å². The van der Waals surface area contributed by atoms with E-state index in [9.17, 15) is 4.79 Å². The summed E-state index contributed by atoms with van der Waals surface area (Å²) in [5.41, 5.74) is 10.2. The van der Waals surface area contributed by atoms with Gasteiger partial charge in [-0.25, -0.2) is 4.79 Å². The summed E-state index contributed by atoms with van der Waals surface area (Å²) in [5, 5.41) is 3.35. The van der Waals surface area contributed by atoms with E-state index in [1.165, 1.54) is 13.2 Å². The van der Waals surface area contributed by atoms with E-state index < -0.39 is 5.97 Å². The number of aryl methyl sites for hydroxylation is 1.